The third-order valence-electron chi connectivity index (χ3n) is 5.99. The first kappa shape index (κ1) is 25.2. The molecule has 188 valence electrons. The number of thiazole rings is 1. The fraction of sp³-hybridized carbons (Fsp3) is 0.308. The molecule has 0 bridgehead atoms. The van der Waals surface area contributed by atoms with Crippen LogP contribution in [0.3, 0.4) is 0 Å². The van der Waals surface area contributed by atoms with Gasteiger partial charge in [0.2, 0.25) is 5.91 Å². The van der Waals surface area contributed by atoms with Crippen LogP contribution < -0.4 is 20.3 Å². The van der Waals surface area contributed by atoms with Gasteiger partial charge >= 0.3 is 6.03 Å². The first-order chi connectivity index (χ1) is 17.4. The fourth-order valence-corrected chi connectivity index (χ4v) is 4.67. The van der Waals surface area contributed by atoms with Gasteiger partial charge in [0.15, 0.2) is 10.9 Å². The second-order valence-corrected chi connectivity index (χ2v) is 9.28. The Bertz CT molecular complexity index is 1200. The molecule has 3 aromatic rings. The summed E-state index contributed by atoms with van der Waals surface area (Å²) in [6.45, 7) is 4.37. The molecular formula is C26H29N5O4S. The summed E-state index contributed by atoms with van der Waals surface area (Å²) >= 11 is 1.33. The lowest BCUT2D eigenvalue weighted by Gasteiger charge is -2.36. The van der Waals surface area contributed by atoms with E-state index < -0.39 is 0 Å². The molecule has 3 amide bonds. The van der Waals surface area contributed by atoms with Crippen LogP contribution in [-0.2, 0) is 11.2 Å². The number of aromatic nitrogens is 1. The molecular weight excluding hydrogens is 478 g/mol. The molecule has 1 aromatic heterocycles. The van der Waals surface area contributed by atoms with Gasteiger partial charge in [-0.2, -0.15) is 0 Å². The summed E-state index contributed by atoms with van der Waals surface area (Å²) < 4.78 is 5.11. The molecule has 1 fully saturated rings. The van der Waals surface area contributed by atoms with Crippen molar-refractivity contribution in [2.24, 2.45) is 0 Å². The van der Waals surface area contributed by atoms with Crippen LogP contribution in [0.25, 0.3) is 0 Å². The maximum Gasteiger partial charge on any atom is 0.325 e. The number of rotatable bonds is 8. The minimum Gasteiger partial charge on any atom is -0.497 e. The number of benzene rings is 2. The number of nitrogens with one attached hydrogen (secondary N) is 2. The molecule has 0 saturated carbocycles. The lowest BCUT2D eigenvalue weighted by Crippen LogP contribution is -2.48. The van der Waals surface area contributed by atoms with Gasteiger partial charge < -0.3 is 19.9 Å². The smallest absolute Gasteiger partial charge is 0.325 e. The highest BCUT2D eigenvalue weighted by Gasteiger charge is 2.21. The van der Waals surface area contributed by atoms with Crippen LogP contribution in [0, 0.1) is 0 Å². The molecule has 0 spiro atoms. The summed E-state index contributed by atoms with van der Waals surface area (Å²) in [5.41, 5.74) is 3.18. The minimum atomic E-state index is -0.383. The molecule has 2 N–H and O–H groups in total. The third-order valence-corrected chi connectivity index (χ3v) is 6.79. The van der Waals surface area contributed by atoms with Gasteiger partial charge in [0, 0.05) is 54.9 Å². The number of anilines is 3. The van der Waals surface area contributed by atoms with Gasteiger partial charge in [-0.1, -0.05) is 0 Å². The summed E-state index contributed by atoms with van der Waals surface area (Å²) in [4.78, 5) is 45.0. The molecule has 36 heavy (non-hydrogen) atoms. The lowest BCUT2D eigenvalue weighted by atomic mass is 10.1. The zero-order valence-electron chi connectivity index (χ0n) is 20.3. The van der Waals surface area contributed by atoms with Crippen molar-refractivity contribution in [3.05, 3.63) is 65.2 Å². The largest absolute Gasteiger partial charge is 0.497 e. The highest BCUT2D eigenvalue weighted by atomic mass is 32.1. The summed E-state index contributed by atoms with van der Waals surface area (Å²) in [6, 6.07) is 14.2. The van der Waals surface area contributed by atoms with E-state index in [1.165, 1.54) is 11.3 Å². The number of aryl methyl sites for hydroxylation is 1. The van der Waals surface area contributed by atoms with Crippen molar-refractivity contribution < 1.29 is 19.1 Å². The molecule has 9 nitrogen and oxygen atoms in total. The van der Waals surface area contributed by atoms with Crippen molar-refractivity contribution in [2.75, 3.05) is 48.8 Å². The van der Waals surface area contributed by atoms with Crippen molar-refractivity contribution in [3.8, 4) is 5.75 Å². The van der Waals surface area contributed by atoms with Crippen LogP contribution in [0.5, 0.6) is 5.75 Å². The monoisotopic (exact) mass is 507 g/mol. The van der Waals surface area contributed by atoms with E-state index >= 15 is 0 Å². The fourth-order valence-electron chi connectivity index (χ4n) is 3.93. The number of nitrogens with zero attached hydrogens (tertiary/aromatic N) is 3. The van der Waals surface area contributed by atoms with Crippen molar-refractivity contribution in [3.63, 3.8) is 0 Å². The summed E-state index contributed by atoms with van der Waals surface area (Å²) in [6.07, 6.45) is 0.887. The summed E-state index contributed by atoms with van der Waals surface area (Å²) in [5.74, 6) is 0.862. The predicted molar refractivity (Wildman–Crippen MR) is 141 cm³/mol. The van der Waals surface area contributed by atoms with Gasteiger partial charge in [-0.05, 0) is 61.9 Å². The molecule has 4 rings (SSSR count). The molecule has 10 heteroatoms. The number of urea groups is 1. The lowest BCUT2D eigenvalue weighted by molar-refractivity contribution is -0.131. The Morgan fingerprint density at radius 3 is 2.31 bits per heavy atom. The van der Waals surface area contributed by atoms with Crippen molar-refractivity contribution in [1.82, 2.24) is 9.88 Å². The predicted octanol–water partition coefficient (Wildman–Crippen LogP) is 4.28. The minimum absolute atomic E-state index is 0.0526. The topological polar surface area (TPSA) is 104 Å². The van der Waals surface area contributed by atoms with Crippen LogP contribution in [-0.4, -0.2) is 60.9 Å². The van der Waals surface area contributed by atoms with Crippen LogP contribution in [0.4, 0.5) is 21.3 Å². The maximum absolute atomic E-state index is 12.7. The average molecular weight is 508 g/mol. The number of methoxy groups -OCH3 is 1. The first-order valence-electron chi connectivity index (χ1n) is 11.7. The average Bonchev–Trinajstić information content (AvgIpc) is 3.34. The number of amides is 3. The number of ketones is 1. The SMILES string of the molecule is COc1ccc(NC(=O)Nc2nc(CCC(=O)N3CCN(c4ccc(C(C)=O)cc4)CC3)cs2)cc1. The first-order valence-corrected chi connectivity index (χ1v) is 12.6. The number of hydrogen-bond acceptors (Lipinski definition) is 7. The van der Waals surface area contributed by atoms with E-state index in [4.69, 9.17) is 4.74 Å². The highest BCUT2D eigenvalue weighted by Crippen LogP contribution is 2.20. The van der Waals surface area contributed by atoms with Gasteiger partial charge in [0.1, 0.15) is 5.75 Å². The van der Waals surface area contributed by atoms with E-state index in [0.29, 0.717) is 48.1 Å². The number of Topliss-reactive ketones (excluding diaryl/α,β-unsaturated/α-hetero) is 1. The summed E-state index contributed by atoms with van der Waals surface area (Å²) in [5, 5.41) is 7.82. The van der Waals surface area contributed by atoms with Gasteiger partial charge in [-0.15, -0.1) is 11.3 Å². The molecule has 1 aliphatic heterocycles. The molecule has 0 radical (unpaired) electrons. The molecule has 0 aliphatic carbocycles. The molecule has 0 atom stereocenters. The van der Waals surface area contributed by atoms with Crippen LogP contribution in [0.15, 0.2) is 53.9 Å². The second kappa shape index (κ2) is 11.7. The van der Waals surface area contributed by atoms with Crippen molar-refractivity contribution in [2.45, 2.75) is 19.8 Å². The number of piperazine rings is 1. The zero-order valence-corrected chi connectivity index (χ0v) is 21.1. The highest BCUT2D eigenvalue weighted by molar-refractivity contribution is 7.13. The van der Waals surface area contributed by atoms with E-state index in [0.717, 1.165) is 24.5 Å². The number of carbonyl (C=O) groups is 3. The van der Waals surface area contributed by atoms with Crippen molar-refractivity contribution >= 4 is 45.6 Å². The van der Waals surface area contributed by atoms with Crippen LogP contribution >= 0.6 is 11.3 Å². The van der Waals surface area contributed by atoms with E-state index in [2.05, 4.69) is 20.5 Å². The third kappa shape index (κ3) is 6.60. The second-order valence-electron chi connectivity index (χ2n) is 8.42. The Labute approximate surface area is 214 Å². The number of ether oxygens (including phenoxy) is 1. The van der Waals surface area contributed by atoms with E-state index in [1.54, 1.807) is 38.3 Å². The quantitative estimate of drug-likeness (QED) is 0.441. The maximum atomic E-state index is 12.7. The van der Waals surface area contributed by atoms with E-state index in [9.17, 15) is 14.4 Å². The Kier molecular flexibility index (Phi) is 8.17. The van der Waals surface area contributed by atoms with Gasteiger partial charge in [0.25, 0.3) is 0 Å². The molecule has 2 aromatic carbocycles. The number of hydrogen-bond donors (Lipinski definition) is 2. The Hall–Kier alpha value is -3.92. The molecule has 1 aliphatic rings. The summed E-state index contributed by atoms with van der Waals surface area (Å²) in [7, 11) is 1.59. The molecule has 1 saturated heterocycles. The standard InChI is InChI=1S/C26H29N5O4S/c1-18(32)19-3-8-22(9-4-19)30-13-15-31(16-14-30)24(33)12-7-21-17-36-26(28-21)29-25(34)27-20-5-10-23(35-2)11-6-20/h3-6,8-11,17H,7,12-16H2,1-2H3,(H2,27,28,29,34). The van der Waals surface area contributed by atoms with Crippen LogP contribution in [0.1, 0.15) is 29.4 Å². The Morgan fingerprint density at radius 2 is 1.67 bits per heavy atom. The van der Waals surface area contributed by atoms with Gasteiger partial charge in [0.05, 0.1) is 12.8 Å². The Morgan fingerprint density at radius 1 is 0.972 bits per heavy atom. The molecule has 0 unspecified atom stereocenters. The number of carbonyl (C=O) groups excluding carboxylic acids is 3. The van der Waals surface area contributed by atoms with E-state index in [-0.39, 0.29) is 17.7 Å². The molecule has 2 heterocycles. The zero-order chi connectivity index (χ0) is 25.5. The van der Waals surface area contributed by atoms with E-state index in [1.807, 2.05) is 34.5 Å². The Balaban J connectivity index is 1.20. The van der Waals surface area contributed by atoms with Gasteiger partial charge in [-0.25, -0.2) is 9.78 Å². The van der Waals surface area contributed by atoms with Crippen molar-refractivity contribution in [1.29, 1.82) is 0 Å². The van der Waals surface area contributed by atoms with Crippen LogP contribution in [0.2, 0.25) is 0 Å². The van der Waals surface area contributed by atoms with Gasteiger partial charge in [-0.3, -0.25) is 14.9 Å². The normalized spacial score (nSPS) is 13.3.